The Bertz CT molecular complexity index is 452. The molecular formula is C17H20. The van der Waals surface area contributed by atoms with Gasteiger partial charge in [-0.25, -0.2) is 0 Å². The summed E-state index contributed by atoms with van der Waals surface area (Å²) < 4.78 is 0. The van der Waals surface area contributed by atoms with Crippen molar-refractivity contribution in [2.45, 2.75) is 27.7 Å². The maximum atomic E-state index is 2.34. The Kier molecular flexibility index (Phi) is 3.51. The molecule has 2 aliphatic rings. The van der Waals surface area contributed by atoms with E-state index in [9.17, 15) is 0 Å². The third-order valence-electron chi connectivity index (χ3n) is 3.65. The zero-order valence-corrected chi connectivity index (χ0v) is 11.1. The van der Waals surface area contributed by atoms with Crippen LogP contribution in [0.3, 0.4) is 0 Å². The van der Waals surface area contributed by atoms with Gasteiger partial charge in [0.2, 0.25) is 0 Å². The molecule has 2 rings (SSSR count). The summed E-state index contributed by atoms with van der Waals surface area (Å²) in [5, 5.41) is 0. The van der Waals surface area contributed by atoms with Crippen LogP contribution in [-0.2, 0) is 0 Å². The van der Waals surface area contributed by atoms with E-state index in [2.05, 4.69) is 70.6 Å². The Labute approximate surface area is 105 Å². The zero-order valence-electron chi connectivity index (χ0n) is 11.1. The lowest BCUT2D eigenvalue weighted by Crippen LogP contribution is -2.05. The van der Waals surface area contributed by atoms with E-state index in [-0.39, 0.29) is 0 Å². The molecule has 0 nitrogen and oxygen atoms in total. The standard InChI is InChI=1S/C17H20/c1-12-5-8-16(9-6-13(12)2)17-10-7-14(3)15(4)11-17/h5-11,15H,1-4H3. The van der Waals surface area contributed by atoms with Crippen molar-refractivity contribution >= 4 is 0 Å². The van der Waals surface area contributed by atoms with Crippen molar-refractivity contribution in [1.82, 2.24) is 0 Å². The zero-order chi connectivity index (χ0) is 12.4. The van der Waals surface area contributed by atoms with Gasteiger partial charge in [0.05, 0.1) is 0 Å². The molecule has 0 fully saturated rings. The van der Waals surface area contributed by atoms with Crippen LogP contribution in [0.25, 0.3) is 0 Å². The summed E-state index contributed by atoms with van der Waals surface area (Å²) in [6.07, 6.45) is 15.6. The molecule has 88 valence electrons. The van der Waals surface area contributed by atoms with Gasteiger partial charge in [-0.2, -0.15) is 0 Å². The largest absolute Gasteiger partial charge is 0.0765 e. The maximum Gasteiger partial charge on any atom is 0.00896 e. The van der Waals surface area contributed by atoms with Crippen LogP contribution < -0.4 is 0 Å². The van der Waals surface area contributed by atoms with Gasteiger partial charge in [0, 0.05) is 12.3 Å². The predicted molar refractivity (Wildman–Crippen MR) is 75.2 cm³/mol. The van der Waals surface area contributed by atoms with E-state index in [4.69, 9.17) is 0 Å². The minimum Gasteiger partial charge on any atom is -0.0765 e. The summed E-state index contributed by atoms with van der Waals surface area (Å²) in [7, 11) is 0. The second kappa shape index (κ2) is 4.91. The van der Waals surface area contributed by atoms with Crippen LogP contribution in [0.5, 0.6) is 0 Å². The van der Waals surface area contributed by atoms with Gasteiger partial charge >= 0.3 is 0 Å². The number of hydrogen-bond acceptors (Lipinski definition) is 0. The van der Waals surface area contributed by atoms with Crippen molar-refractivity contribution in [2.75, 3.05) is 0 Å². The third-order valence-corrected chi connectivity index (χ3v) is 3.65. The van der Waals surface area contributed by atoms with E-state index >= 15 is 0 Å². The van der Waals surface area contributed by atoms with E-state index < -0.39 is 0 Å². The minimum atomic E-state index is 0.544. The molecule has 0 heteroatoms. The van der Waals surface area contributed by atoms with E-state index in [0.29, 0.717) is 5.92 Å². The van der Waals surface area contributed by atoms with Gasteiger partial charge in [-0.15, -0.1) is 0 Å². The lowest BCUT2D eigenvalue weighted by molar-refractivity contribution is 0.769. The van der Waals surface area contributed by atoms with Gasteiger partial charge < -0.3 is 0 Å². The Morgan fingerprint density at radius 2 is 1.53 bits per heavy atom. The van der Waals surface area contributed by atoms with Gasteiger partial charge in [0.25, 0.3) is 0 Å². The Morgan fingerprint density at radius 1 is 0.824 bits per heavy atom. The number of allylic oxidation sites excluding steroid dienone is 10. The summed E-state index contributed by atoms with van der Waals surface area (Å²) >= 11 is 0. The molecular weight excluding hydrogens is 204 g/mol. The van der Waals surface area contributed by atoms with Crippen LogP contribution in [0, 0.1) is 18.3 Å². The van der Waals surface area contributed by atoms with Crippen molar-refractivity contribution in [2.24, 2.45) is 5.92 Å². The first kappa shape index (κ1) is 12.2. The SMILES string of the molecule is C[C]1C=CC(C2=C[CH]C(C)=C(C)C=C2)=CC1C. The second-order valence-electron chi connectivity index (χ2n) is 4.98. The monoisotopic (exact) mass is 224 g/mol. The van der Waals surface area contributed by atoms with Crippen molar-refractivity contribution in [3.05, 3.63) is 71.1 Å². The lowest BCUT2D eigenvalue weighted by Gasteiger charge is -2.19. The normalized spacial score (nSPS) is 25.8. The van der Waals surface area contributed by atoms with Gasteiger partial charge in [-0.05, 0) is 30.9 Å². The quantitative estimate of drug-likeness (QED) is 0.603. The number of hydrogen-bond donors (Lipinski definition) is 0. The minimum absolute atomic E-state index is 0.544. The van der Waals surface area contributed by atoms with Crippen LogP contribution in [0.2, 0.25) is 0 Å². The topological polar surface area (TPSA) is 0 Å². The maximum absolute atomic E-state index is 2.34. The lowest BCUT2D eigenvalue weighted by atomic mass is 9.86. The van der Waals surface area contributed by atoms with Crippen molar-refractivity contribution in [1.29, 1.82) is 0 Å². The molecule has 0 aromatic carbocycles. The predicted octanol–water partition coefficient (Wildman–Crippen LogP) is 4.75. The molecule has 1 atom stereocenters. The van der Waals surface area contributed by atoms with Crippen LogP contribution >= 0.6 is 0 Å². The van der Waals surface area contributed by atoms with Crippen LogP contribution in [0.4, 0.5) is 0 Å². The average molecular weight is 224 g/mol. The van der Waals surface area contributed by atoms with Gasteiger partial charge in [-0.3, -0.25) is 0 Å². The van der Waals surface area contributed by atoms with Gasteiger partial charge in [0.15, 0.2) is 0 Å². The Balaban J connectivity index is 2.24. The molecule has 1 unspecified atom stereocenters. The van der Waals surface area contributed by atoms with Crippen molar-refractivity contribution in [3.63, 3.8) is 0 Å². The van der Waals surface area contributed by atoms with E-state index in [0.717, 1.165) is 0 Å². The molecule has 2 radical (unpaired) electrons. The average Bonchev–Trinajstić information content (AvgIpc) is 2.47. The molecule has 0 aromatic heterocycles. The van der Waals surface area contributed by atoms with E-state index in [1.54, 1.807) is 0 Å². The molecule has 0 bridgehead atoms. The van der Waals surface area contributed by atoms with E-state index in [1.807, 2.05) is 0 Å². The highest BCUT2D eigenvalue weighted by Crippen LogP contribution is 2.29. The van der Waals surface area contributed by atoms with Crippen LogP contribution in [0.1, 0.15) is 27.7 Å². The van der Waals surface area contributed by atoms with Crippen molar-refractivity contribution < 1.29 is 0 Å². The first-order chi connectivity index (χ1) is 8.08. The molecule has 0 aliphatic heterocycles. The van der Waals surface area contributed by atoms with E-state index in [1.165, 1.54) is 28.2 Å². The molecule has 0 saturated heterocycles. The highest BCUT2D eigenvalue weighted by atomic mass is 14.2. The third kappa shape index (κ3) is 2.69. The van der Waals surface area contributed by atoms with Crippen LogP contribution in [0.15, 0.2) is 58.7 Å². The van der Waals surface area contributed by atoms with Crippen LogP contribution in [-0.4, -0.2) is 0 Å². The highest BCUT2D eigenvalue weighted by Gasteiger charge is 2.14. The molecule has 0 saturated carbocycles. The summed E-state index contributed by atoms with van der Waals surface area (Å²) in [6, 6.07) is 0. The fourth-order valence-corrected chi connectivity index (χ4v) is 1.96. The van der Waals surface area contributed by atoms with Crippen molar-refractivity contribution in [3.8, 4) is 0 Å². The molecule has 0 heterocycles. The Morgan fingerprint density at radius 3 is 2.24 bits per heavy atom. The summed E-state index contributed by atoms with van der Waals surface area (Å²) in [4.78, 5) is 0. The molecule has 0 aromatic rings. The molecule has 0 amide bonds. The summed E-state index contributed by atoms with van der Waals surface area (Å²) in [6.45, 7) is 8.75. The molecule has 17 heavy (non-hydrogen) atoms. The summed E-state index contributed by atoms with van der Waals surface area (Å²) in [5.41, 5.74) is 5.31. The summed E-state index contributed by atoms with van der Waals surface area (Å²) in [5.74, 6) is 1.98. The molecule has 0 spiro atoms. The fourth-order valence-electron chi connectivity index (χ4n) is 1.96. The molecule has 0 N–H and O–H groups in total. The highest BCUT2D eigenvalue weighted by molar-refractivity contribution is 5.55. The van der Waals surface area contributed by atoms with Gasteiger partial charge in [-0.1, -0.05) is 61.4 Å². The van der Waals surface area contributed by atoms with Gasteiger partial charge in [0.1, 0.15) is 0 Å². The smallest absolute Gasteiger partial charge is 0.00896 e. The Hall–Kier alpha value is -1.30. The fraction of sp³-hybridized carbons (Fsp3) is 0.294. The first-order valence-corrected chi connectivity index (χ1v) is 6.22. The first-order valence-electron chi connectivity index (χ1n) is 6.22. The second-order valence-corrected chi connectivity index (χ2v) is 4.98. The number of rotatable bonds is 1. The molecule has 2 aliphatic carbocycles.